The first kappa shape index (κ1) is 13.2. The summed E-state index contributed by atoms with van der Waals surface area (Å²) in [4.78, 5) is 9.87. The van der Waals surface area contributed by atoms with Crippen LogP contribution in [0.4, 0.5) is 13.2 Å². The van der Waals surface area contributed by atoms with Crippen molar-refractivity contribution in [3.63, 3.8) is 0 Å². The average molecular weight is 212 g/mol. The molecular weight excluding hydrogens is 197 g/mol. The van der Waals surface area contributed by atoms with Gasteiger partial charge in [0.1, 0.15) is 0 Å². The molecule has 0 spiro atoms. The fraction of sp³-hybridized carbons (Fsp3) is 1.00. The second-order valence-electron chi connectivity index (χ2n) is 3.21. The van der Waals surface area contributed by atoms with Gasteiger partial charge in [-0.15, -0.1) is 4.91 Å². The highest BCUT2D eigenvalue weighted by atomic mass is 19.4. The quantitative estimate of drug-likeness (QED) is 0.520. The van der Waals surface area contributed by atoms with Crippen molar-refractivity contribution in [1.82, 2.24) is 5.43 Å². The lowest BCUT2D eigenvalue weighted by atomic mass is 10.1. The summed E-state index contributed by atoms with van der Waals surface area (Å²) >= 11 is 0. The number of nitroso groups, excluding NO2 is 1. The summed E-state index contributed by atoms with van der Waals surface area (Å²) in [5, 5.41) is 2.49. The molecule has 84 valence electrons. The number of rotatable bonds is 7. The number of nitrogens with one attached hydrogen (secondary N) is 1. The molecule has 1 N–H and O–H groups in total. The van der Waals surface area contributed by atoms with Crippen molar-refractivity contribution in [2.45, 2.75) is 51.2 Å². The van der Waals surface area contributed by atoms with E-state index in [4.69, 9.17) is 0 Å². The van der Waals surface area contributed by atoms with E-state index in [1.807, 2.05) is 6.92 Å². The number of nitrogens with zero attached hydrogens (tertiary/aromatic N) is 1. The summed E-state index contributed by atoms with van der Waals surface area (Å²) < 4.78 is 35.3. The Hall–Kier alpha value is -0.810. The lowest BCUT2D eigenvalue weighted by Gasteiger charge is -2.14. The van der Waals surface area contributed by atoms with Crippen LogP contribution in [0.3, 0.4) is 0 Å². The highest BCUT2D eigenvalue weighted by Crippen LogP contribution is 2.23. The van der Waals surface area contributed by atoms with Crippen molar-refractivity contribution in [2.24, 2.45) is 5.29 Å². The van der Waals surface area contributed by atoms with Gasteiger partial charge in [0.15, 0.2) is 0 Å². The van der Waals surface area contributed by atoms with Gasteiger partial charge in [0.05, 0.1) is 0 Å². The minimum atomic E-state index is -4.11. The Kier molecular flexibility index (Phi) is 6.23. The second kappa shape index (κ2) is 6.62. The van der Waals surface area contributed by atoms with Crippen molar-refractivity contribution in [3.8, 4) is 0 Å². The van der Waals surface area contributed by atoms with Crippen molar-refractivity contribution < 1.29 is 13.2 Å². The maximum Gasteiger partial charge on any atom is 0.389 e. The zero-order valence-corrected chi connectivity index (χ0v) is 8.10. The minimum Gasteiger partial charge on any atom is -0.271 e. The summed E-state index contributed by atoms with van der Waals surface area (Å²) in [6.07, 6.45) is -3.04. The first-order chi connectivity index (χ1) is 6.49. The standard InChI is InChI=1S/C8H15F3N2O/c1-2-4-7(12-13-14)5-3-6-8(9,10)11/h7H,2-6H2,1H3,(H,12,14). The second-order valence-corrected chi connectivity index (χ2v) is 3.21. The molecule has 0 bridgehead atoms. The van der Waals surface area contributed by atoms with Crippen LogP contribution in [0, 0.1) is 4.91 Å². The summed E-state index contributed by atoms with van der Waals surface area (Å²) in [6.45, 7) is 1.91. The summed E-state index contributed by atoms with van der Waals surface area (Å²) in [5.74, 6) is 0. The Bertz CT molecular complexity index is 161. The Morgan fingerprint density at radius 1 is 1.36 bits per heavy atom. The van der Waals surface area contributed by atoms with Crippen LogP contribution in [0.25, 0.3) is 0 Å². The maximum absolute atomic E-state index is 11.8. The first-order valence-corrected chi connectivity index (χ1v) is 4.64. The molecular formula is C8H15F3N2O. The van der Waals surface area contributed by atoms with Crippen molar-refractivity contribution in [3.05, 3.63) is 4.91 Å². The molecule has 0 saturated carbocycles. The lowest BCUT2D eigenvalue weighted by Crippen LogP contribution is -2.24. The molecule has 0 saturated heterocycles. The van der Waals surface area contributed by atoms with Crippen LogP contribution in [0.15, 0.2) is 5.29 Å². The molecule has 3 nitrogen and oxygen atoms in total. The molecule has 6 heteroatoms. The topological polar surface area (TPSA) is 41.5 Å². The number of hydrogen-bond acceptors (Lipinski definition) is 2. The highest BCUT2D eigenvalue weighted by molar-refractivity contribution is 4.65. The summed E-state index contributed by atoms with van der Waals surface area (Å²) in [5.41, 5.74) is 2.27. The van der Waals surface area contributed by atoms with Gasteiger partial charge in [0, 0.05) is 17.7 Å². The molecule has 0 amide bonds. The first-order valence-electron chi connectivity index (χ1n) is 4.64. The van der Waals surface area contributed by atoms with Gasteiger partial charge < -0.3 is 0 Å². The van der Waals surface area contributed by atoms with E-state index in [-0.39, 0.29) is 12.5 Å². The maximum atomic E-state index is 11.8. The predicted molar refractivity (Wildman–Crippen MR) is 47.5 cm³/mol. The van der Waals surface area contributed by atoms with Crippen LogP contribution >= 0.6 is 0 Å². The van der Waals surface area contributed by atoms with Gasteiger partial charge in [-0.25, -0.2) is 0 Å². The highest BCUT2D eigenvalue weighted by Gasteiger charge is 2.26. The fourth-order valence-electron chi connectivity index (χ4n) is 1.25. The van der Waals surface area contributed by atoms with Crippen molar-refractivity contribution in [2.75, 3.05) is 0 Å². The zero-order valence-electron chi connectivity index (χ0n) is 8.10. The normalized spacial score (nSPS) is 13.7. The molecule has 1 atom stereocenters. The van der Waals surface area contributed by atoms with E-state index in [1.54, 1.807) is 0 Å². The molecule has 0 aliphatic carbocycles. The minimum absolute atomic E-state index is 0.0384. The van der Waals surface area contributed by atoms with Crippen LogP contribution in [-0.2, 0) is 0 Å². The largest absolute Gasteiger partial charge is 0.389 e. The molecule has 0 aliphatic heterocycles. The molecule has 0 rings (SSSR count). The van der Waals surface area contributed by atoms with E-state index in [1.165, 1.54) is 0 Å². The Morgan fingerprint density at radius 2 is 2.00 bits per heavy atom. The lowest BCUT2D eigenvalue weighted by molar-refractivity contribution is -0.135. The monoisotopic (exact) mass is 212 g/mol. The third-order valence-electron chi connectivity index (χ3n) is 1.89. The van der Waals surface area contributed by atoms with E-state index < -0.39 is 12.6 Å². The van der Waals surface area contributed by atoms with Crippen LogP contribution in [-0.4, -0.2) is 12.2 Å². The molecule has 1 unspecified atom stereocenters. The smallest absolute Gasteiger partial charge is 0.271 e. The Morgan fingerprint density at radius 3 is 2.43 bits per heavy atom. The van der Waals surface area contributed by atoms with Crippen LogP contribution in [0.1, 0.15) is 39.0 Å². The van der Waals surface area contributed by atoms with Crippen LogP contribution in [0.2, 0.25) is 0 Å². The number of halogens is 3. The molecule has 0 heterocycles. The van der Waals surface area contributed by atoms with Gasteiger partial charge in [-0.2, -0.15) is 13.2 Å². The van der Waals surface area contributed by atoms with E-state index in [9.17, 15) is 18.1 Å². The predicted octanol–water partition coefficient (Wildman–Crippen LogP) is 3.16. The molecule has 14 heavy (non-hydrogen) atoms. The van der Waals surface area contributed by atoms with Crippen LogP contribution < -0.4 is 5.43 Å². The van der Waals surface area contributed by atoms with Gasteiger partial charge >= 0.3 is 6.18 Å². The molecule has 0 aromatic heterocycles. The van der Waals surface area contributed by atoms with E-state index in [2.05, 4.69) is 10.7 Å². The van der Waals surface area contributed by atoms with Crippen molar-refractivity contribution >= 4 is 0 Å². The number of hydrogen-bond donors (Lipinski definition) is 1. The SMILES string of the molecule is CCCC(CCCC(F)(F)F)NN=O. The van der Waals surface area contributed by atoms with E-state index in [0.717, 1.165) is 6.42 Å². The molecule has 0 radical (unpaired) electrons. The van der Waals surface area contributed by atoms with E-state index >= 15 is 0 Å². The zero-order chi connectivity index (χ0) is 11.0. The third-order valence-corrected chi connectivity index (χ3v) is 1.89. The van der Waals surface area contributed by atoms with Gasteiger partial charge in [0.2, 0.25) is 0 Å². The molecule has 0 fully saturated rings. The molecule has 0 aromatic carbocycles. The number of alkyl halides is 3. The van der Waals surface area contributed by atoms with Gasteiger partial charge in [-0.1, -0.05) is 13.3 Å². The van der Waals surface area contributed by atoms with Gasteiger partial charge in [0.25, 0.3) is 0 Å². The van der Waals surface area contributed by atoms with Gasteiger partial charge in [-0.3, -0.25) is 5.43 Å². The summed E-state index contributed by atoms with van der Waals surface area (Å²) in [7, 11) is 0. The van der Waals surface area contributed by atoms with Crippen LogP contribution in [0.5, 0.6) is 0 Å². The van der Waals surface area contributed by atoms with Crippen molar-refractivity contribution in [1.29, 1.82) is 0 Å². The average Bonchev–Trinajstić information content (AvgIpc) is 2.02. The fourth-order valence-corrected chi connectivity index (χ4v) is 1.25. The molecule has 0 aliphatic rings. The molecule has 0 aromatic rings. The van der Waals surface area contributed by atoms with E-state index in [0.29, 0.717) is 12.8 Å². The Labute approximate surface area is 81.0 Å². The Balaban J connectivity index is 3.65. The third kappa shape index (κ3) is 7.82. The summed E-state index contributed by atoms with van der Waals surface area (Å²) in [6, 6.07) is -0.222. The van der Waals surface area contributed by atoms with Gasteiger partial charge in [-0.05, 0) is 19.3 Å².